The van der Waals surface area contributed by atoms with Crippen molar-refractivity contribution >= 4 is 5.97 Å². The van der Waals surface area contributed by atoms with Crippen molar-refractivity contribution in [3.8, 4) is 0 Å². The Morgan fingerprint density at radius 2 is 1.70 bits per heavy atom. The zero-order valence-corrected chi connectivity index (χ0v) is 14.4. The molecule has 0 aromatic carbocycles. The van der Waals surface area contributed by atoms with E-state index < -0.39 is 0 Å². The van der Waals surface area contributed by atoms with Crippen LogP contribution in [-0.4, -0.2) is 12.1 Å². The topological polar surface area (TPSA) is 26.3 Å². The van der Waals surface area contributed by atoms with Gasteiger partial charge in [-0.15, -0.1) is 0 Å². The summed E-state index contributed by atoms with van der Waals surface area (Å²) in [5.74, 6) is 0.537. The number of carbonyl (C=O) groups is 1. The van der Waals surface area contributed by atoms with E-state index in [2.05, 4.69) is 41.5 Å². The number of esters is 1. The Morgan fingerprint density at radius 1 is 1.15 bits per heavy atom. The molecule has 1 atom stereocenters. The number of ether oxygens (including phenoxy) is 1. The van der Waals surface area contributed by atoms with Crippen molar-refractivity contribution in [2.45, 2.75) is 92.6 Å². The minimum Gasteiger partial charge on any atom is -0.462 e. The Morgan fingerprint density at radius 3 is 2.15 bits per heavy atom. The van der Waals surface area contributed by atoms with Crippen molar-refractivity contribution in [2.75, 3.05) is 0 Å². The third-order valence-corrected chi connectivity index (χ3v) is 5.47. The number of hydrogen-bond donors (Lipinski definition) is 0. The van der Waals surface area contributed by atoms with Gasteiger partial charge in [-0.1, -0.05) is 41.0 Å². The van der Waals surface area contributed by atoms with Crippen LogP contribution in [0.3, 0.4) is 0 Å². The lowest BCUT2D eigenvalue weighted by molar-refractivity contribution is -0.171. The Hall–Kier alpha value is -0.530. The molecule has 2 heteroatoms. The number of carbonyl (C=O) groups excluding carboxylic acids is 1. The highest BCUT2D eigenvalue weighted by Gasteiger charge is 2.48. The Labute approximate surface area is 125 Å². The first kappa shape index (κ1) is 17.5. The smallest absolute Gasteiger partial charge is 0.312 e. The van der Waals surface area contributed by atoms with Gasteiger partial charge in [0.05, 0.1) is 5.41 Å². The Bertz CT molecular complexity index is 313. The fraction of sp³-hybridized carbons (Fsp3) is 0.944. The van der Waals surface area contributed by atoms with Gasteiger partial charge in [-0.3, -0.25) is 4.79 Å². The van der Waals surface area contributed by atoms with Crippen molar-refractivity contribution in [1.29, 1.82) is 0 Å². The van der Waals surface area contributed by atoms with Crippen LogP contribution in [0.2, 0.25) is 0 Å². The van der Waals surface area contributed by atoms with Crippen molar-refractivity contribution in [3.63, 3.8) is 0 Å². The maximum atomic E-state index is 12.9. The summed E-state index contributed by atoms with van der Waals surface area (Å²) in [6.07, 6.45) is 7.86. The first-order chi connectivity index (χ1) is 9.23. The fourth-order valence-corrected chi connectivity index (χ4v) is 3.31. The molecule has 1 fully saturated rings. The molecule has 0 saturated heterocycles. The molecule has 0 N–H and O–H groups in total. The van der Waals surface area contributed by atoms with Crippen molar-refractivity contribution < 1.29 is 9.53 Å². The standard InChI is InChI=1S/C18H34O2/c1-7-17(4,5)18(6,13-14(2)3)16(19)20-15-11-9-8-10-12-15/h14-15H,7-13H2,1-6H3. The maximum Gasteiger partial charge on any atom is 0.312 e. The molecule has 1 rings (SSSR count). The van der Waals surface area contributed by atoms with Gasteiger partial charge in [-0.05, 0) is 56.8 Å². The van der Waals surface area contributed by atoms with E-state index >= 15 is 0 Å². The first-order valence-corrected chi connectivity index (χ1v) is 8.44. The van der Waals surface area contributed by atoms with Crippen LogP contribution in [0.1, 0.15) is 86.5 Å². The van der Waals surface area contributed by atoms with E-state index in [0.717, 1.165) is 25.7 Å². The third-order valence-electron chi connectivity index (χ3n) is 5.47. The molecule has 0 bridgehead atoms. The molecular weight excluding hydrogens is 248 g/mol. The summed E-state index contributed by atoms with van der Waals surface area (Å²) in [5, 5.41) is 0. The van der Waals surface area contributed by atoms with E-state index in [9.17, 15) is 4.79 Å². The molecule has 0 heterocycles. The average molecular weight is 282 g/mol. The maximum absolute atomic E-state index is 12.9. The number of rotatable bonds is 6. The highest BCUT2D eigenvalue weighted by atomic mass is 16.5. The zero-order chi connectivity index (χ0) is 15.4. The molecular formula is C18H34O2. The van der Waals surface area contributed by atoms with Gasteiger partial charge in [0.1, 0.15) is 6.10 Å². The van der Waals surface area contributed by atoms with Gasteiger partial charge in [-0.25, -0.2) is 0 Å². The molecule has 0 spiro atoms. The predicted molar refractivity (Wildman–Crippen MR) is 84.6 cm³/mol. The monoisotopic (exact) mass is 282 g/mol. The first-order valence-electron chi connectivity index (χ1n) is 8.44. The van der Waals surface area contributed by atoms with E-state index in [-0.39, 0.29) is 22.9 Å². The molecule has 0 aromatic heterocycles. The zero-order valence-electron chi connectivity index (χ0n) is 14.4. The summed E-state index contributed by atoms with van der Waals surface area (Å²) in [6.45, 7) is 13.1. The van der Waals surface area contributed by atoms with Crippen LogP contribution >= 0.6 is 0 Å². The highest BCUT2D eigenvalue weighted by Crippen LogP contribution is 2.47. The lowest BCUT2D eigenvalue weighted by atomic mass is 9.61. The second kappa shape index (κ2) is 6.95. The highest BCUT2D eigenvalue weighted by molar-refractivity contribution is 5.77. The van der Waals surface area contributed by atoms with E-state index in [0.29, 0.717) is 5.92 Å². The molecule has 2 nitrogen and oxygen atoms in total. The van der Waals surface area contributed by atoms with Gasteiger partial charge in [0, 0.05) is 0 Å². The SMILES string of the molecule is CCC(C)(C)C(C)(CC(C)C)C(=O)OC1CCCCC1. The van der Waals surface area contributed by atoms with Crippen molar-refractivity contribution in [3.05, 3.63) is 0 Å². The normalized spacial score (nSPS) is 20.8. The van der Waals surface area contributed by atoms with Crippen LogP contribution in [0, 0.1) is 16.7 Å². The van der Waals surface area contributed by atoms with E-state index in [1.54, 1.807) is 0 Å². The van der Waals surface area contributed by atoms with Crippen LogP contribution in [-0.2, 0) is 9.53 Å². The minimum absolute atomic E-state index is 0.0248. The van der Waals surface area contributed by atoms with Gasteiger partial charge >= 0.3 is 5.97 Å². The lowest BCUT2D eigenvalue weighted by Gasteiger charge is -2.43. The fourth-order valence-electron chi connectivity index (χ4n) is 3.31. The third kappa shape index (κ3) is 3.99. The van der Waals surface area contributed by atoms with E-state index in [1.165, 1.54) is 19.3 Å². The largest absolute Gasteiger partial charge is 0.462 e. The van der Waals surface area contributed by atoms with Gasteiger partial charge in [0.15, 0.2) is 0 Å². The van der Waals surface area contributed by atoms with Gasteiger partial charge in [-0.2, -0.15) is 0 Å². The molecule has 1 aliphatic rings. The van der Waals surface area contributed by atoms with Crippen molar-refractivity contribution in [2.24, 2.45) is 16.7 Å². The summed E-state index contributed by atoms with van der Waals surface area (Å²) in [5.41, 5.74) is -0.406. The minimum atomic E-state index is -0.382. The lowest BCUT2D eigenvalue weighted by Crippen LogP contribution is -2.45. The van der Waals surface area contributed by atoms with Crippen LogP contribution in [0.15, 0.2) is 0 Å². The second-order valence-corrected chi connectivity index (χ2v) is 7.83. The molecule has 118 valence electrons. The van der Waals surface area contributed by atoms with Gasteiger partial charge in [0.25, 0.3) is 0 Å². The summed E-state index contributed by atoms with van der Waals surface area (Å²) in [6, 6.07) is 0. The molecule has 0 radical (unpaired) electrons. The molecule has 1 unspecified atom stereocenters. The molecule has 0 amide bonds. The van der Waals surface area contributed by atoms with Gasteiger partial charge in [0.2, 0.25) is 0 Å². The predicted octanol–water partition coefficient (Wildman–Crippen LogP) is 5.35. The summed E-state index contributed by atoms with van der Waals surface area (Å²) >= 11 is 0. The molecule has 0 aromatic rings. The molecule has 1 aliphatic carbocycles. The van der Waals surface area contributed by atoms with Crippen LogP contribution in [0.4, 0.5) is 0 Å². The van der Waals surface area contributed by atoms with Crippen LogP contribution in [0.25, 0.3) is 0 Å². The summed E-state index contributed by atoms with van der Waals surface area (Å²) in [7, 11) is 0. The Kier molecular flexibility index (Phi) is 6.09. The molecule has 0 aliphatic heterocycles. The molecule has 20 heavy (non-hydrogen) atoms. The second-order valence-electron chi connectivity index (χ2n) is 7.83. The quantitative estimate of drug-likeness (QED) is 0.614. The van der Waals surface area contributed by atoms with Crippen LogP contribution < -0.4 is 0 Å². The summed E-state index contributed by atoms with van der Waals surface area (Å²) in [4.78, 5) is 12.9. The Balaban J connectivity index is 2.83. The van der Waals surface area contributed by atoms with Crippen LogP contribution in [0.5, 0.6) is 0 Å². The van der Waals surface area contributed by atoms with E-state index in [4.69, 9.17) is 4.74 Å². The van der Waals surface area contributed by atoms with Crippen molar-refractivity contribution in [1.82, 2.24) is 0 Å². The van der Waals surface area contributed by atoms with Gasteiger partial charge < -0.3 is 4.74 Å². The molecule has 1 saturated carbocycles. The summed E-state index contributed by atoms with van der Waals surface area (Å²) < 4.78 is 5.91. The average Bonchev–Trinajstić information content (AvgIpc) is 2.38. The number of hydrogen-bond acceptors (Lipinski definition) is 2. The van der Waals surface area contributed by atoms with E-state index in [1.807, 2.05) is 0 Å².